The fourth-order valence-electron chi connectivity index (χ4n) is 1.89. The fourth-order valence-corrected chi connectivity index (χ4v) is 3.16. The average Bonchev–Trinajstić information content (AvgIpc) is 2.43. The van der Waals surface area contributed by atoms with Crippen LogP contribution in [0.3, 0.4) is 0 Å². The molecule has 4 nitrogen and oxygen atoms in total. The van der Waals surface area contributed by atoms with Gasteiger partial charge in [0.05, 0.1) is 23.5 Å². The van der Waals surface area contributed by atoms with Crippen LogP contribution >= 0.6 is 23.4 Å². The number of benzene rings is 1. The van der Waals surface area contributed by atoms with E-state index in [-0.39, 0.29) is 11.2 Å². The first-order valence-corrected chi connectivity index (χ1v) is 7.42. The van der Waals surface area contributed by atoms with Crippen molar-refractivity contribution >= 4 is 35.0 Å². The van der Waals surface area contributed by atoms with Gasteiger partial charge in [0.25, 0.3) is 0 Å². The van der Waals surface area contributed by atoms with E-state index >= 15 is 0 Å². The summed E-state index contributed by atoms with van der Waals surface area (Å²) in [6.45, 7) is 4.44. The van der Waals surface area contributed by atoms with Crippen molar-refractivity contribution in [3.8, 4) is 0 Å². The van der Waals surface area contributed by atoms with Crippen LogP contribution < -0.4 is 5.73 Å². The summed E-state index contributed by atoms with van der Waals surface area (Å²) in [5.74, 6) is 0.117. The highest BCUT2D eigenvalue weighted by molar-refractivity contribution is 8.00. The van der Waals surface area contributed by atoms with Crippen molar-refractivity contribution in [1.82, 2.24) is 4.90 Å². The summed E-state index contributed by atoms with van der Waals surface area (Å²) in [6.07, 6.45) is 0. The zero-order valence-electron chi connectivity index (χ0n) is 10.8. The smallest absolute Gasteiger partial charge is 0.235 e. The van der Waals surface area contributed by atoms with Crippen LogP contribution in [-0.4, -0.2) is 42.4 Å². The SMILES string of the molecule is CC(Sc1cc(N)ccc1Cl)C(=O)N1CCOCC1. The second kappa shape index (κ2) is 6.50. The number of anilines is 1. The van der Waals surface area contributed by atoms with Crippen LogP contribution in [0.1, 0.15) is 6.92 Å². The van der Waals surface area contributed by atoms with E-state index in [9.17, 15) is 4.79 Å². The van der Waals surface area contributed by atoms with E-state index in [4.69, 9.17) is 22.1 Å². The van der Waals surface area contributed by atoms with Gasteiger partial charge in [0, 0.05) is 23.7 Å². The van der Waals surface area contributed by atoms with Crippen LogP contribution in [0.2, 0.25) is 5.02 Å². The maximum atomic E-state index is 12.3. The molecule has 1 heterocycles. The third-order valence-electron chi connectivity index (χ3n) is 2.93. The Morgan fingerprint density at radius 2 is 2.16 bits per heavy atom. The van der Waals surface area contributed by atoms with Gasteiger partial charge >= 0.3 is 0 Å². The Hall–Kier alpha value is -0.910. The van der Waals surface area contributed by atoms with Gasteiger partial charge in [0.1, 0.15) is 0 Å². The first-order chi connectivity index (χ1) is 9.08. The Bertz CT molecular complexity index is 464. The van der Waals surface area contributed by atoms with E-state index < -0.39 is 0 Å². The van der Waals surface area contributed by atoms with Crippen molar-refractivity contribution in [2.24, 2.45) is 0 Å². The maximum Gasteiger partial charge on any atom is 0.235 e. The summed E-state index contributed by atoms with van der Waals surface area (Å²) in [7, 11) is 0. The first kappa shape index (κ1) is 14.5. The number of amides is 1. The summed E-state index contributed by atoms with van der Waals surface area (Å²) in [4.78, 5) is 15.0. The summed E-state index contributed by atoms with van der Waals surface area (Å²) in [5, 5.41) is 0.443. The third kappa shape index (κ3) is 3.78. The normalized spacial score (nSPS) is 17.3. The highest BCUT2D eigenvalue weighted by Crippen LogP contribution is 2.32. The molecule has 0 aliphatic carbocycles. The van der Waals surface area contributed by atoms with E-state index in [0.29, 0.717) is 37.0 Å². The number of thioether (sulfide) groups is 1. The lowest BCUT2D eigenvalue weighted by molar-refractivity contribution is -0.134. The van der Waals surface area contributed by atoms with Crippen molar-refractivity contribution < 1.29 is 9.53 Å². The molecule has 1 aromatic carbocycles. The van der Waals surface area contributed by atoms with Gasteiger partial charge in [-0.2, -0.15) is 0 Å². The number of carbonyl (C=O) groups excluding carboxylic acids is 1. The van der Waals surface area contributed by atoms with Crippen LogP contribution in [0, 0.1) is 0 Å². The highest BCUT2D eigenvalue weighted by Gasteiger charge is 2.23. The molecule has 104 valence electrons. The number of nitrogens with two attached hydrogens (primary N) is 1. The Labute approximate surface area is 122 Å². The van der Waals surface area contributed by atoms with E-state index in [1.165, 1.54) is 11.8 Å². The van der Waals surface area contributed by atoms with Crippen molar-refractivity contribution in [2.45, 2.75) is 17.1 Å². The maximum absolute atomic E-state index is 12.3. The Morgan fingerprint density at radius 1 is 1.47 bits per heavy atom. The van der Waals surface area contributed by atoms with Gasteiger partial charge in [-0.1, -0.05) is 11.6 Å². The Kier molecular flexibility index (Phi) is 4.96. The van der Waals surface area contributed by atoms with Crippen molar-refractivity contribution in [3.05, 3.63) is 23.2 Å². The number of ether oxygens (including phenoxy) is 1. The molecule has 1 atom stereocenters. The minimum Gasteiger partial charge on any atom is -0.399 e. The van der Waals surface area contributed by atoms with Crippen molar-refractivity contribution in [2.75, 3.05) is 32.0 Å². The van der Waals surface area contributed by atoms with Crippen LogP contribution in [0.4, 0.5) is 5.69 Å². The van der Waals surface area contributed by atoms with Crippen molar-refractivity contribution in [3.63, 3.8) is 0 Å². The number of nitrogen functional groups attached to an aromatic ring is 1. The molecular weight excluding hydrogens is 284 g/mol. The van der Waals surface area contributed by atoms with Gasteiger partial charge in [-0.25, -0.2) is 0 Å². The lowest BCUT2D eigenvalue weighted by atomic mass is 10.3. The molecule has 2 N–H and O–H groups in total. The van der Waals surface area contributed by atoms with Gasteiger partial charge in [0.2, 0.25) is 5.91 Å². The first-order valence-electron chi connectivity index (χ1n) is 6.16. The number of morpholine rings is 1. The summed E-state index contributed by atoms with van der Waals surface area (Å²) >= 11 is 7.55. The predicted octanol–water partition coefficient (Wildman–Crippen LogP) is 2.26. The van der Waals surface area contributed by atoms with Gasteiger partial charge in [-0.15, -0.1) is 11.8 Å². The highest BCUT2D eigenvalue weighted by atomic mass is 35.5. The summed E-state index contributed by atoms with van der Waals surface area (Å²) < 4.78 is 5.24. The largest absolute Gasteiger partial charge is 0.399 e. The Morgan fingerprint density at radius 3 is 2.84 bits per heavy atom. The topological polar surface area (TPSA) is 55.6 Å². The monoisotopic (exact) mass is 300 g/mol. The lowest BCUT2D eigenvalue weighted by Gasteiger charge is -2.29. The molecule has 0 bridgehead atoms. The zero-order chi connectivity index (χ0) is 13.8. The standard InChI is InChI=1S/C13H17ClN2O2S/c1-9(13(17)16-4-6-18-7-5-16)19-12-8-10(15)2-3-11(12)14/h2-3,8-9H,4-7,15H2,1H3. The van der Waals surface area contributed by atoms with E-state index in [2.05, 4.69) is 0 Å². The molecule has 0 saturated carbocycles. The number of nitrogens with zero attached hydrogens (tertiary/aromatic N) is 1. The lowest BCUT2D eigenvalue weighted by Crippen LogP contribution is -2.44. The van der Waals surface area contributed by atoms with Gasteiger partial charge < -0.3 is 15.4 Å². The molecule has 0 aromatic heterocycles. The summed E-state index contributed by atoms with van der Waals surface area (Å²) in [6, 6.07) is 5.31. The molecule has 6 heteroatoms. The van der Waals surface area contributed by atoms with E-state index in [0.717, 1.165) is 4.90 Å². The predicted molar refractivity (Wildman–Crippen MR) is 78.6 cm³/mol. The number of carbonyl (C=O) groups is 1. The van der Waals surface area contributed by atoms with Crippen LogP contribution in [-0.2, 0) is 9.53 Å². The third-order valence-corrected chi connectivity index (χ3v) is 4.52. The van der Waals surface area contributed by atoms with Crippen LogP contribution in [0.15, 0.2) is 23.1 Å². The molecule has 19 heavy (non-hydrogen) atoms. The average molecular weight is 301 g/mol. The van der Waals surface area contributed by atoms with E-state index in [1.807, 2.05) is 11.8 Å². The van der Waals surface area contributed by atoms with Crippen LogP contribution in [0.5, 0.6) is 0 Å². The number of rotatable bonds is 3. The molecule has 1 amide bonds. The molecule has 2 rings (SSSR count). The minimum atomic E-state index is -0.183. The van der Waals surface area contributed by atoms with Gasteiger partial charge in [-0.3, -0.25) is 4.79 Å². The molecular formula is C13H17ClN2O2S. The molecule has 1 unspecified atom stereocenters. The molecule has 1 fully saturated rings. The molecule has 1 saturated heterocycles. The number of hydrogen-bond acceptors (Lipinski definition) is 4. The zero-order valence-corrected chi connectivity index (χ0v) is 12.3. The fraction of sp³-hybridized carbons (Fsp3) is 0.462. The molecule has 1 aliphatic rings. The summed E-state index contributed by atoms with van der Waals surface area (Å²) in [5.41, 5.74) is 6.39. The van der Waals surface area contributed by atoms with E-state index in [1.54, 1.807) is 18.2 Å². The molecule has 1 aromatic rings. The van der Waals surface area contributed by atoms with Gasteiger partial charge in [-0.05, 0) is 25.1 Å². The number of halogens is 1. The second-order valence-electron chi connectivity index (χ2n) is 4.39. The second-order valence-corrected chi connectivity index (χ2v) is 6.18. The molecule has 0 radical (unpaired) electrons. The minimum absolute atomic E-state index is 0.117. The quantitative estimate of drug-likeness (QED) is 0.687. The number of hydrogen-bond donors (Lipinski definition) is 1. The van der Waals surface area contributed by atoms with Crippen molar-refractivity contribution in [1.29, 1.82) is 0 Å². The Balaban J connectivity index is 2.01. The molecule has 0 spiro atoms. The van der Waals surface area contributed by atoms with Crippen LogP contribution in [0.25, 0.3) is 0 Å². The molecule has 1 aliphatic heterocycles. The van der Waals surface area contributed by atoms with Gasteiger partial charge in [0.15, 0.2) is 0 Å².